The molecule has 1 aromatic heterocycles. The molecule has 1 amide bonds. The number of rotatable bonds is 2. The van der Waals surface area contributed by atoms with Crippen LogP contribution in [-0.2, 0) is 0 Å². The van der Waals surface area contributed by atoms with Gasteiger partial charge in [0.1, 0.15) is 5.75 Å². The average molecular weight is 268 g/mol. The van der Waals surface area contributed by atoms with Crippen LogP contribution in [0.5, 0.6) is 5.75 Å². The maximum Gasteiger partial charge on any atom is 0.259 e. The van der Waals surface area contributed by atoms with Gasteiger partial charge >= 0.3 is 0 Å². The maximum atomic E-state index is 12.6. The van der Waals surface area contributed by atoms with E-state index in [1.165, 1.54) is 0 Å². The zero-order valence-corrected chi connectivity index (χ0v) is 11.8. The summed E-state index contributed by atoms with van der Waals surface area (Å²) in [5.74, 6) is 0.664. The van der Waals surface area contributed by atoms with Crippen LogP contribution in [0.15, 0.2) is 36.7 Å². The summed E-state index contributed by atoms with van der Waals surface area (Å²) in [5.41, 5.74) is 3.76. The molecule has 2 heterocycles. The number of ether oxygens (including phenoxy) is 1. The van der Waals surface area contributed by atoms with Gasteiger partial charge in [-0.2, -0.15) is 0 Å². The van der Waals surface area contributed by atoms with Crippen LogP contribution in [-0.4, -0.2) is 18.0 Å². The minimum absolute atomic E-state index is 0.00584. The Hall–Kier alpha value is -2.36. The minimum atomic E-state index is 0.00584. The van der Waals surface area contributed by atoms with E-state index < -0.39 is 0 Å². The average Bonchev–Trinajstić information content (AvgIpc) is 2.70. The number of methoxy groups -OCH3 is 1. The molecule has 1 atom stereocenters. The molecule has 0 fully saturated rings. The largest absolute Gasteiger partial charge is 0.495 e. The van der Waals surface area contributed by atoms with Crippen molar-refractivity contribution < 1.29 is 9.53 Å². The van der Waals surface area contributed by atoms with Crippen LogP contribution in [0.25, 0.3) is 0 Å². The van der Waals surface area contributed by atoms with E-state index in [0.29, 0.717) is 5.75 Å². The Bertz CT molecular complexity index is 682. The number of hydrogen-bond acceptors (Lipinski definition) is 3. The first-order valence-corrected chi connectivity index (χ1v) is 6.55. The lowest BCUT2D eigenvalue weighted by atomic mass is 10.0. The first-order chi connectivity index (χ1) is 9.61. The summed E-state index contributed by atoms with van der Waals surface area (Å²) < 4.78 is 5.18. The highest BCUT2D eigenvalue weighted by Gasteiger charge is 2.35. The Morgan fingerprint density at radius 2 is 2.05 bits per heavy atom. The van der Waals surface area contributed by atoms with Crippen molar-refractivity contribution in [1.29, 1.82) is 0 Å². The summed E-state index contributed by atoms with van der Waals surface area (Å²) in [6.45, 7) is 4.07. The highest BCUT2D eigenvalue weighted by Crippen LogP contribution is 2.38. The van der Waals surface area contributed by atoms with E-state index in [1.54, 1.807) is 24.4 Å². The lowest BCUT2D eigenvalue weighted by molar-refractivity contribution is 0.0992. The van der Waals surface area contributed by atoms with E-state index in [0.717, 1.165) is 22.4 Å². The standard InChI is InChI=1S/C16H16N2O2/c1-10-4-5-14-15(6-10)11(2)18(16(14)19)12-7-13(20-3)9-17-8-12/h4-9,11H,1-3H3. The molecule has 0 spiro atoms. The maximum absolute atomic E-state index is 12.6. The van der Waals surface area contributed by atoms with Crippen molar-refractivity contribution in [3.05, 3.63) is 53.3 Å². The van der Waals surface area contributed by atoms with E-state index >= 15 is 0 Å². The molecule has 1 aliphatic heterocycles. The van der Waals surface area contributed by atoms with Gasteiger partial charge in [0.15, 0.2) is 0 Å². The molecule has 20 heavy (non-hydrogen) atoms. The molecule has 102 valence electrons. The number of fused-ring (bicyclic) bond motifs is 1. The minimum Gasteiger partial charge on any atom is -0.495 e. The van der Waals surface area contributed by atoms with Gasteiger partial charge in [0.05, 0.1) is 31.2 Å². The number of aryl methyl sites for hydroxylation is 1. The van der Waals surface area contributed by atoms with Crippen LogP contribution in [0.2, 0.25) is 0 Å². The number of pyridine rings is 1. The molecule has 0 saturated carbocycles. The third kappa shape index (κ3) is 1.84. The van der Waals surface area contributed by atoms with Gasteiger partial charge < -0.3 is 4.74 Å². The smallest absolute Gasteiger partial charge is 0.259 e. The number of carbonyl (C=O) groups excluding carboxylic acids is 1. The SMILES string of the molecule is COc1cncc(N2C(=O)c3ccc(C)cc3C2C)c1. The molecule has 0 bridgehead atoms. The molecule has 0 saturated heterocycles. The van der Waals surface area contributed by atoms with Gasteiger partial charge in [0.2, 0.25) is 0 Å². The molecule has 4 nitrogen and oxygen atoms in total. The number of amides is 1. The summed E-state index contributed by atoms with van der Waals surface area (Å²) >= 11 is 0. The molecule has 2 aromatic rings. The van der Waals surface area contributed by atoms with Crippen molar-refractivity contribution >= 4 is 11.6 Å². The summed E-state index contributed by atoms with van der Waals surface area (Å²) in [6, 6.07) is 7.78. The number of hydrogen-bond donors (Lipinski definition) is 0. The third-order valence-electron chi connectivity index (χ3n) is 3.71. The fourth-order valence-corrected chi connectivity index (χ4v) is 2.66. The summed E-state index contributed by atoms with van der Waals surface area (Å²) in [7, 11) is 1.59. The quantitative estimate of drug-likeness (QED) is 0.840. The normalized spacial score (nSPS) is 17.2. The van der Waals surface area contributed by atoms with E-state index in [4.69, 9.17) is 4.74 Å². The van der Waals surface area contributed by atoms with Gasteiger partial charge in [0, 0.05) is 11.6 Å². The van der Waals surface area contributed by atoms with E-state index in [9.17, 15) is 4.79 Å². The lowest BCUT2D eigenvalue weighted by Crippen LogP contribution is -2.26. The highest BCUT2D eigenvalue weighted by atomic mass is 16.5. The summed E-state index contributed by atoms with van der Waals surface area (Å²) in [4.78, 5) is 18.5. The van der Waals surface area contributed by atoms with Crippen molar-refractivity contribution in [1.82, 2.24) is 4.98 Å². The molecule has 3 rings (SSSR count). The van der Waals surface area contributed by atoms with Gasteiger partial charge in [-0.1, -0.05) is 17.7 Å². The van der Waals surface area contributed by atoms with Crippen LogP contribution in [0.4, 0.5) is 5.69 Å². The molecule has 1 aliphatic rings. The van der Waals surface area contributed by atoms with E-state index in [-0.39, 0.29) is 11.9 Å². The fourth-order valence-electron chi connectivity index (χ4n) is 2.66. The monoisotopic (exact) mass is 268 g/mol. The summed E-state index contributed by atoms with van der Waals surface area (Å²) in [6.07, 6.45) is 3.32. The molecule has 1 unspecified atom stereocenters. The van der Waals surface area contributed by atoms with Gasteiger partial charge in [-0.15, -0.1) is 0 Å². The molecular weight excluding hydrogens is 252 g/mol. The second-order valence-corrected chi connectivity index (χ2v) is 5.02. The Morgan fingerprint density at radius 3 is 2.80 bits per heavy atom. The predicted molar refractivity (Wildman–Crippen MR) is 77.2 cm³/mol. The Kier molecular flexibility index (Phi) is 2.93. The second kappa shape index (κ2) is 4.63. The molecule has 4 heteroatoms. The number of anilines is 1. The number of carbonyl (C=O) groups is 1. The third-order valence-corrected chi connectivity index (χ3v) is 3.71. The molecular formula is C16H16N2O2. The first kappa shape index (κ1) is 12.7. The highest BCUT2D eigenvalue weighted by molar-refractivity contribution is 6.11. The fraction of sp³-hybridized carbons (Fsp3) is 0.250. The van der Waals surface area contributed by atoms with Gasteiger partial charge in [-0.25, -0.2) is 0 Å². The topological polar surface area (TPSA) is 42.4 Å². The first-order valence-electron chi connectivity index (χ1n) is 6.55. The van der Waals surface area contributed by atoms with Crippen LogP contribution in [0, 0.1) is 6.92 Å². The Labute approximate surface area is 118 Å². The van der Waals surface area contributed by atoms with Crippen LogP contribution in [0.1, 0.15) is 34.5 Å². The van der Waals surface area contributed by atoms with Crippen molar-refractivity contribution in [2.75, 3.05) is 12.0 Å². The molecule has 1 aromatic carbocycles. The zero-order valence-electron chi connectivity index (χ0n) is 11.8. The van der Waals surface area contributed by atoms with Crippen molar-refractivity contribution in [3.8, 4) is 5.75 Å². The predicted octanol–water partition coefficient (Wildman–Crippen LogP) is 3.12. The number of nitrogens with zero attached hydrogens (tertiary/aromatic N) is 2. The van der Waals surface area contributed by atoms with E-state index in [2.05, 4.69) is 11.1 Å². The van der Waals surface area contributed by atoms with Gasteiger partial charge in [0.25, 0.3) is 5.91 Å². The van der Waals surface area contributed by atoms with Crippen molar-refractivity contribution in [3.63, 3.8) is 0 Å². The van der Waals surface area contributed by atoms with Crippen molar-refractivity contribution in [2.45, 2.75) is 19.9 Å². The molecule has 0 radical (unpaired) electrons. The lowest BCUT2D eigenvalue weighted by Gasteiger charge is -2.22. The van der Waals surface area contributed by atoms with Crippen LogP contribution < -0.4 is 9.64 Å². The van der Waals surface area contributed by atoms with E-state index in [1.807, 2.05) is 32.0 Å². The molecule has 0 aliphatic carbocycles. The Balaban J connectivity index is 2.06. The number of aromatic nitrogens is 1. The number of benzene rings is 1. The van der Waals surface area contributed by atoms with Crippen LogP contribution >= 0.6 is 0 Å². The zero-order chi connectivity index (χ0) is 14.3. The molecule has 0 N–H and O–H groups in total. The second-order valence-electron chi connectivity index (χ2n) is 5.02. The Morgan fingerprint density at radius 1 is 1.25 bits per heavy atom. The van der Waals surface area contributed by atoms with Gasteiger partial charge in [-0.05, 0) is 25.5 Å². The van der Waals surface area contributed by atoms with Crippen molar-refractivity contribution in [2.24, 2.45) is 0 Å². The summed E-state index contributed by atoms with van der Waals surface area (Å²) in [5, 5.41) is 0. The van der Waals surface area contributed by atoms with Gasteiger partial charge in [-0.3, -0.25) is 14.7 Å². The van der Waals surface area contributed by atoms with Crippen LogP contribution in [0.3, 0.4) is 0 Å².